The van der Waals surface area contributed by atoms with Crippen molar-refractivity contribution in [2.24, 2.45) is 23.7 Å². The molecule has 0 aliphatic heterocycles. The lowest BCUT2D eigenvalue weighted by atomic mass is 9.75. The second-order valence-electron chi connectivity index (χ2n) is 8.32. The first-order chi connectivity index (χ1) is 14.6. The number of rotatable bonds is 7. The van der Waals surface area contributed by atoms with Crippen LogP contribution in [0.15, 0.2) is 54.6 Å². The van der Waals surface area contributed by atoms with E-state index >= 15 is 0 Å². The zero-order valence-corrected chi connectivity index (χ0v) is 17.2. The molecule has 2 aliphatic carbocycles. The van der Waals surface area contributed by atoms with Gasteiger partial charge in [-0.25, -0.2) is 0 Å². The minimum absolute atomic E-state index is 0.0187. The number of Topliss-reactive ketones (excluding diaryl/α,β-unsaturated/α-hetero) is 1. The maximum Gasteiger partial charge on any atom is 0.310 e. The predicted molar refractivity (Wildman–Crippen MR) is 114 cm³/mol. The summed E-state index contributed by atoms with van der Waals surface area (Å²) in [6, 6.07) is 16.7. The Morgan fingerprint density at radius 2 is 1.60 bits per heavy atom. The number of hydrogen-bond acceptors (Lipinski definition) is 4. The molecule has 156 valence electrons. The average Bonchev–Trinajstić information content (AvgIpc) is 3.40. The van der Waals surface area contributed by atoms with E-state index < -0.39 is 11.9 Å². The molecule has 0 spiro atoms. The van der Waals surface area contributed by atoms with Gasteiger partial charge in [-0.15, -0.1) is 0 Å². The number of aryl methyl sites for hydroxylation is 1. The number of fused-ring (bicyclic) bond motifs is 2. The molecule has 0 heterocycles. The topological polar surface area (TPSA) is 72.5 Å². The summed E-state index contributed by atoms with van der Waals surface area (Å²) in [5.41, 5.74) is 2.50. The summed E-state index contributed by atoms with van der Waals surface area (Å²) >= 11 is 0. The fourth-order valence-electron chi connectivity index (χ4n) is 5.06. The summed E-state index contributed by atoms with van der Waals surface area (Å²) < 4.78 is 5.37. The van der Waals surface area contributed by atoms with Gasteiger partial charge in [-0.1, -0.05) is 49.4 Å². The van der Waals surface area contributed by atoms with Crippen molar-refractivity contribution in [3.63, 3.8) is 0 Å². The van der Waals surface area contributed by atoms with E-state index in [1.54, 1.807) is 12.1 Å². The van der Waals surface area contributed by atoms with Gasteiger partial charge in [-0.2, -0.15) is 0 Å². The SMILES string of the molecule is CCc1ccc(NC(=O)COC(=O)[C@H]2[C@H]3CC[C@@H](C3)[C@H]2C(=O)c2ccccc2)cc1. The van der Waals surface area contributed by atoms with Crippen molar-refractivity contribution < 1.29 is 19.1 Å². The lowest BCUT2D eigenvalue weighted by Crippen LogP contribution is -2.37. The van der Waals surface area contributed by atoms with Crippen LogP contribution < -0.4 is 5.32 Å². The normalized spacial score (nSPS) is 24.4. The molecule has 5 nitrogen and oxygen atoms in total. The third-order valence-electron chi connectivity index (χ3n) is 6.54. The van der Waals surface area contributed by atoms with Gasteiger partial charge in [-0.3, -0.25) is 14.4 Å². The third kappa shape index (κ3) is 4.16. The standard InChI is InChI=1S/C25H27NO4/c1-2-16-8-12-20(13-9-16)26-21(27)15-30-25(29)23-19-11-10-18(14-19)22(23)24(28)17-6-4-3-5-7-17/h3-9,12-13,18-19,22-23H,2,10-11,14-15H2,1H3,(H,26,27)/t18-,19-,22+,23-/m0/s1. The van der Waals surface area contributed by atoms with Crippen molar-refractivity contribution in [2.75, 3.05) is 11.9 Å². The van der Waals surface area contributed by atoms with Gasteiger partial charge in [0.05, 0.1) is 5.92 Å². The van der Waals surface area contributed by atoms with Gasteiger partial charge in [-0.05, 0) is 55.2 Å². The number of amides is 1. The molecular formula is C25H27NO4. The van der Waals surface area contributed by atoms with Crippen molar-refractivity contribution in [3.8, 4) is 0 Å². The van der Waals surface area contributed by atoms with Crippen LogP contribution in [-0.2, 0) is 20.7 Å². The second kappa shape index (κ2) is 8.82. The number of nitrogens with one attached hydrogen (secondary N) is 1. The molecule has 4 atom stereocenters. The van der Waals surface area contributed by atoms with E-state index in [1.807, 2.05) is 42.5 Å². The first-order valence-electron chi connectivity index (χ1n) is 10.7. The molecule has 0 radical (unpaired) electrons. The van der Waals surface area contributed by atoms with Crippen LogP contribution in [0.5, 0.6) is 0 Å². The molecule has 1 N–H and O–H groups in total. The van der Waals surface area contributed by atoms with Crippen LogP contribution in [0.25, 0.3) is 0 Å². The Balaban J connectivity index is 1.38. The Kier molecular flexibility index (Phi) is 5.98. The van der Waals surface area contributed by atoms with Crippen molar-refractivity contribution in [2.45, 2.75) is 32.6 Å². The highest BCUT2D eigenvalue weighted by atomic mass is 16.5. The summed E-state index contributed by atoms with van der Waals surface area (Å²) in [4.78, 5) is 38.2. The van der Waals surface area contributed by atoms with Gasteiger partial charge in [0.2, 0.25) is 0 Å². The summed E-state index contributed by atoms with van der Waals surface area (Å²) in [5, 5.41) is 2.75. The Hall–Kier alpha value is -2.95. The molecule has 30 heavy (non-hydrogen) atoms. The summed E-state index contributed by atoms with van der Waals surface area (Å²) in [7, 11) is 0. The van der Waals surface area contributed by atoms with Gasteiger partial charge in [0, 0.05) is 17.2 Å². The van der Waals surface area contributed by atoms with Crippen molar-refractivity contribution in [3.05, 3.63) is 65.7 Å². The van der Waals surface area contributed by atoms with Gasteiger partial charge in [0.25, 0.3) is 5.91 Å². The predicted octanol–water partition coefficient (Wildman–Crippen LogP) is 4.28. The zero-order chi connectivity index (χ0) is 21.1. The molecule has 5 heteroatoms. The number of carbonyl (C=O) groups excluding carboxylic acids is 3. The van der Waals surface area contributed by atoms with Crippen LogP contribution in [0, 0.1) is 23.7 Å². The van der Waals surface area contributed by atoms with E-state index in [-0.39, 0.29) is 36.1 Å². The Morgan fingerprint density at radius 1 is 0.933 bits per heavy atom. The molecule has 0 aromatic heterocycles. The molecule has 2 aromatic carbocycles. The van der Waals surface area contributed by atoms with Crippen molar-refractivity contribution >= 4 is 23.3 Å². The summed E-state index contributed by atoms with van der Waals surface area (Å²) in [6.07, 6.45) is 3.74. The number of esters is 1. The smallest absolute Gasteiger partial charge is 0.310 e. The van der Waals surface area contributed by atoms with E-state index in [1.165, 1.54) is 5.56 Å². The Labute approximate surface area is 176 Å². The van der Waals surface area contributed by atoms with Crippen molar-refractivity contribution in [1.29, 1.82) is 0 Å². The van der Waals surface area contributed by atoms with Crippen LogP contribution in [0.4, 0.5) is 5.69 Å². The largest absolute Gasteiger partial charge is 0.455 e. The number of ether oxygens (including phenoxy) is 1. The van der Waals surface area contributed by atoms with E-state index in [2.05, 4.69) is 12.2 Å². The summed E-state index contributed by atoms with van der Waals surface area (Å²) in [6.45, 7) is 1.73. The molecule has 0 saturated heterocycles. The second-order valence-corrected chi connectivity index (χ2v) is 8.32. The highest BCUT2D eigenvalue weighted by Gasteiger charge is 2.54. The Morgan fingerprint density at radius 3 is 2.27 bits per heavy atom. The number of anilines is 1. The molecule has 2 fully saturated rings. The molecule has 0 unspecified atom stereocenters. The fourth-order valence-corrected chi connectivity index (χ4v) is 5.06. The van der Waals surface area contributed by atoms with E-state index in [4.69, 9.17) is 4.74 Å². The first-order valence-corrected chi connectivity index (χ1v) is 10.7. The number of ketones is 1. The molecule has 1 amide bonds. The van der Waals surface area contributed by atoms with Crippen LogP contribution in [0.2, 0.25) is 0 Å². The number of hydrogen-bond donors (Lipinski definition) is 1. The number of benzene rings is 2. The maximum atomic E-state index is 13.1. The number of carbonyl (C=O) groups is 3. The van der Waals surface area contributed by atoms with Gasteiger partial charge in [0.15, 0.2) is 12.4 Å². The van der Waals surface area contributed by atoms with Crippen LogP contribution in [-0.4, -0.2) is 24.3 Å². The summed E-state index contributed by atoms with van der Waals surface area (Å²) in [5.74, 6) is -1.17. The maximum absolute atomic E-state index is 13.1. The van der Waals surface area contributed by atoms with E-state index in [0.29, 0.717) is 11.3 Å². The molecule has 2 saturated carbocycles. The molecule has 4 rings (SSSR count). The molecular weight excluding hydrogens is 378 g/mol. The lowest BCUT2D eigenvalue weighted by Gasteiger charge is -2.28. The monoisotopic (exact) mass is 405 g/mol. The van der Waals surface area contributed by atoms with Gasteiger partial charge in [0.1, 0.15) is 0 Å². The zero-order valence-electron chi connectivity index (χ0n) is 17.2. The molecule has 2 aliphatic rings. The van der Waals surface area contributed by atoms with Crippen LogP contribution in [0.3, 0.4) is 0 Å². The fraction of sp³-hybridized carbons (Fsp3) is 0.400. The molecule has 2 bridgehead atoms. The Bertz CT molecular complexity index is 922. The minimum Gasteiger partial charge on any atom is -0.455 e. The quantitative estimate of drug-likeness (QED) is 0.551. The molecule has 2 aromatic rings. The lowest BCUT2D eigenvalue weighted by molar-refractivity contribution is -0.154. The van der Waals surface area contributed by atoms with Crippen LogP contribution in [0.1, 0.15) is 42.1 Å². The van der Waals surface area contributed by atoms with E-state index in [9.17, 15) is 14.4 Å². The van der Waals surface area contributed by atoms with Crippen molar-refractivity contribution in [1.82, 2.24) is 0 Å². The first kappa shape index (κ1) is 20.3. The third-order valence-corrected chi connectivity index (χ3v) is 6.54. The highest BCUT2D eigenvalue weighted by Crippen LogP contribution is 2.53. The van der Waals surface area contributed by atoms with Gasteiger partial charge < -0.3 is 10.1 Å². The average molecular weight is 405 g/mol. The highest BCUT2D eigenvalue weighted by molar-refractivity contribution is 6.01. The van der Waals surface area contributed by atoms with E-state index in [0.717, 1.165) is 25.7 Å². The van der Waals surface area contributed by atoms with Gasteiger partial charge >= 0.3 is 5.97 Å². The minimum atomic E-state index is -0.451. The van der Waals surface area contributed by atoms with Crippen LogP contribution >= 0.6 is 0 Å².